The van der Waals surface area contributed by atoms with Crippen molar-refractivity contribution >= 4 is 0 Å². The first-order chi connectivity index (χ1) is 2.41. The van der Waals surface area contributed by atoms with Gasteiger partial charge in [0.1, 0.15) is 0 Å². The van der Waals surface area contributed by atoms with Gasteiger partial charge in [0.05, 0.1) is 0 Å². The molecule has 0 bridgehead atoms. The average Bonchev–Trinajstić information content (AvgIpc) is 1.41. The van der Waals surface area contributed by atoms with Gasteiger partial charge in [0.2, 0.25) is 0 Å². The van der Waals surface area contributed by atoms with Crippen molar-refractivity contribution in [3.63, 3.8) is 0 Å². The molecular formula is C3H7O2V-. The van der Waals surface area contributed by atoms with Gasteiger partial charge in [0.15, 0.2) is 0 Å². The summed E-state index contributed by atoms with van der Waals surface area (Å²) in [5, 5.41) is 15.7. The van der Waals surface area contributed by atoms with E-state index in [2.05, 4.69) is 0 Å². The molecule has 0 atom stereocenters. The van der Waals surface area contributed by atoms with E-state index in [1.165, 1.54) is 6.42 Å². The monoisotopic (exact) mass is 126 g/mol. The molecule has 2 N–H and O–H groups in total. The second-order valence-corrected chi connectivity index (χ2v) is 0.654. The maximum absolute atomic E-state index is 7.85. The van der Waals surface area contributed by atoms with Crippen molar-refractivity contribution < 1.29 is 28.8 Å². The maximum Gasteiger partial charge on any atom is 0 e. The Kier molecular flexibility index (Phi) is 14.7. The van der Waals surface area contributed by atoms with Gasteiger partial charge in [-0.05, 0) is 0 Å². The summed E-state index contributed by atoms with van der Waals surface area (Å²) in [4.78, 5) is 0. The second kappa shape index (κ2) is 9.09. The van der Waals surface area contributed by atoms with Crippen LogP contribution in [-0.2, 0) is 18.6 Å². The largest absolute Gasteiger partial charge is 0.428 e. The zero-order valence-corrected chi connectivity index (χ0v) is 4.73. The van der Waals surface area contributed by atoms with Crippen LogP contribution >= 0.6 is 0 Å². The van der Waals surface area contributed by atoms with Gasteiger partial charge in [0, 0.05) is 18.6 Å². The van der Waals surface area contributed by atoms with Crippen LogP contribution < -0.4 is 0 Å². The summed E-state index contributed by atoms with van der Waals surface area (Å²) in [7, 11) is 0. The topological polar surface area (TPSA) is 40.5 Å². The second-order valence-electron chi connectivity index (χ2n) is 0.654. The third kappa shape index (κ3) is 8.82. The van der Waals surface area contributed by atoms with Gasteiger partial charge in [-0.1, -0.05) is 13.2 Å². The van der Waals surface area contributed by atoms with Crippen molar-refractivity contribution in [2.45, 2.75) is 0 Å². The molecule has 6 heavy (non-hydrogen) atoms. The first-order valence-electron chi connectivity index (χ1n) is 1.45. The van der Waals surface area contributed by atoms with E-state index < -0.39 is 0 Å². The Morgan fingerprint density at radius 2 is 1.50 bits per heavy atom. The van der Waals surface area contributed by atoms with Crippen LogP contribution in [0.1, 0.15) is 0 Å². The summed E-state index contributed by atoms with van der Waals surface area (Å²) in [5.41, 5.74) is 0. The van der Waals surface area contributed by atoms with Crippen molar-refractivity contribution in [3.05, 3.63) is 6.42 Å². The molecule has 2 nitrogen and oxygen atoms in total. The van der Waals surface area contributed by atoms with Crippen molar-refractivity contribution in [1.29, 1.82) is 0 Å². The van der Waals surface area contributed by atoms with Crippen molar-refractivity contribution in [2.24, 2.45) is 0 Å². The molecule has 0 aliphatic carbocycles. The Hall–Kier alpha value is 0.504. The predicted octanol–water partition coefficient (Wildman–Crippen LogP) is -0.827. The van der Waals surface area contributed by atoms with Crippen molar-refractivity contribution in [3.8, 4) is 0 Å². The summed E-state index contributed by atoms with van der Waals surface area (Å²) < 4.78 is 0. The molecule has 0 aromatic heterocycles. The molecule has 0 fully saturated rings. The van der Waals surface area contributed by atoms with E-state index in [4.69, 9.17) is 10.2 Å². The molecule has 0 aromatic rings. The predicted molar refractivity (Wildman–Crippen MR) is 18.5 cm³/mol. The quantitative estimate of drug-likeness (QED) is 0.474. The van der Waals surface area contributed by atoms with Gasteiger partial charge < -0.3 is 10.2 Å². The average molecular weight is 126 g/mol. The Bertz CT molecular complexity index is 16.3. The fraction of sp³-hybridized carbons (Fsp3) is 0.667. The van der Waals surface area contributed by atoms with Gasteiger partial charge in [-0.15, -0.1) is 0 Å². The molecule has 0 rings (SSSR count). The number of hydrogen-bond donors (Lipinski definition) is 2. The molecule has 0 aliphatic heterocycles. The minimum atomic E-state index is -0.0312. The van der Waals surface area contributed by atoms with Gasteiger partial charge in [-0.2, -0.15) is 0 Å². The third-order valence-corrected chi connectivity index (χ3v) is 0.258. The number of rotatable bonds is 2. The third-order valence-electron chi connectivity index (χ3n) is 0.258. The Labute approximate surface area is 49.1 Å². The maximum atomic E-state index is 7.85. The molecule has 0 unspecified atom stereocenters. The zero-order chi connectivity index (χ0) is 4.12. The van der Waals surface area contributed by atoms with E-state index in [1.54, 1.807) is 0 Å². The van der Waals surface area contributed by atoms with Crippen LogP contribution in [0.25, 0.3) is 0 Å². The van der Waals surface area contributed by atoms with Gasteiger partial charge in [-0.3, -0.25) is 6.42 Å². The van der Waals surface area contributed by atoms with E-state index >= 15 is 0 Å². The van der Waals surface area contributed by atoms with Crippen LogP contribution in [0, 0.1) is 6.42 Å². The van der Waals surface area contributed by atoms with Gasteiger partial charge >= 0.3 is 0 Å². The molecule has 1 radical (unpaired) electrons. The van der Waals surface area contributed by atoms with Crippen LogP contribution in [-0.4, -0.2) is 23.4 Å². The van der Waals surface area contributed by atoms with Crippen LogP contribution in [0.3, 0.4) is 0 Å². The van der Waals surface area contributed by atoms with Crippen LogP contribution in [0.15, 0.2) is 0 Å². The molecule has 0 heterocycles. The van der Waals surface area contributed by atoms with Crippen molar-refractivity contribution in [2.75, 3.05) is 13.2 Å². The van der Waals surface area contributed by atoms with Crippen LogP contribution in [0.2, 0.25) is 0 Å². The molecular weight excluding hydrogens is 119 g/mol. The van der Waals surface area contributed by atoms with Crippen LogP contribution in [0.4, 0.5) is 0 Å². The zero-order valence-electron chi connectivity index (χ0n) is 3.33. The fourth-order valence-corrected chi connectivity index (χ4v) is 0.0577. The van der Waals surface area contributed by atoms with E-state index in [0.29, 0.717) is 0 Å². The standard InChI is InChI=1S/C3H7O2.V/c4-2-1-3-5;/h1,4-5H,2-3H2;/q-1;. The van der Waals surface area contributed by atoms with Crippen LogP contribution in [0.5, 0.6) is 0 Å². The van der Waals surface area contributed by atoms with E-state index in [9.17, 15) is 0 Å². The minimum Gasteiger partial charge on any atom is -0.428 e. The molecule has 0 saturated carbocycles. The summed E-state index contributed by atoms with van der Waals surface area (Å²) >= 11 is 0. The summed E-state index contributed by atoms with van der Waals surface area (Å²) in [6.07, 6.45) is 1.36. The van der Waals surface area contributed by atoms with Gasteiger partial charge in [0.25, 0.3) is 0 Å². The summed E-state index contributed by atoms with van der Waals surface area (Å²) in [6, 6.07) is 0. The Balaban J connectivity index is 0. The Morgan fingerprint density at radius 1 is 1.17 bits per heavy atom. The molecule has 0 aromatic carbocycles. The molecule has 0 saturated heterocycles. The van der Waals surface area contributed by atoms with E-state index in [1.807, 2.05) is 0 Å². The summed E-state index contributed by atoms with van der Waals surface area (Å²) in [5.74, 6) is 0. The smallest absolute Gasteiger partial charge is 0 e. The van der Waals surface area contributed by atoms with Crippen molar-refractivity contribution in [1.82, 2.24) is 0 Å². The first-order valence-corrected chi connectivity index (χ1v) is 1.45. The fourth-order valence-electron chi connectivity index (χ4n) is 0.0577. The molecule has 0 aliphatic rings. The van der Waals surface area contributed by atoms with E-state index in [-0.39, 0.29) is 31.8 Å². The molecule has 37 valence electrons. The first kappa shape index (κ1) is 9.71. The normalized spacial score (nSPS) is 7.00. The molecule has 0 amide bonds. The number of aliphatic hydroxyl groups is 2. The number of hydrogen-bond acceptors (Lipinski definition) is 2. The number of aliphatic hydroxyl groups excluding tert-OH is 2. The summed E-state index contributed by atoms with van der Waals surface area (Å²) in [6.45, 7) is -0.0625. The Morgan fingerprint density at radius 3 is 1.50 bits per heavy atom. The van der Waals surface area contributed by atoms with Gasteiger partial charge in [-0.25, -0.2) is 0 Å². The SMILES string of the molecule is OC[CH-]CO.[V]. The minimum absolute atomic E-state index is 0. The molecule has 0 spiro atoms. The molecule has 3 heteroatoms. The van der Waals surface area contributed by atoms with E-state index in [0.717, 1.165) is 0 Å².